The monoisotopic (exact) mass is 780 g/mol. The fourth-order valence-electron chi connectivity index (χ4n) is 7.67. The van der Waals surface area contributed by atoms with Crippen LogP contribution in [0.2, 0.25) is 0 Å². The van der Waals surface area contributed by atoms with Gasteiger partial charge in [-0.25, -0.2) is 0 Å². The highest BCUT2D eigenvalue weighted by atomic mass is 16.4. The number of piperidine rings is 1. The van der Waals surface area contributed by atoms with Crippen LogP contribution < -0.4 is 32.7 Å². The summed E-state index contributed by atoms with van der Waals surface area (Å²) in [6, 6.07) is 23.6. The van der Waals surface area contributed by atoms with Gasteiger partial charge < -0.3 is 42.7 Å². The van der Waals surface area contributed by atoms with E-state index in [1.54, 1.807) is 4.90 Å². The zero-order chi connectivity index (χ0) is 40.7. The van der Waals surface area contributed by atoms with Crippen LogP contribution in [-0.2, 0) is 48.0 Å². The molecule has 9 N–H and O–H groups in total. The van der Waals surface area contributed by atoms with E-state index < -0.39 is 54.3 Å². The third-order valence-corrected chi connectivity index (χ3v) is 10.4. The topological polar surface area (TPSA) is 238 Å². The molecule has 0 aromatic heterocycles. The fourth-order valence-corrected chi connectivity index (χ4v) is 7.67. The SMILES string of the molecule is NC(N)=NCCC[C@H](NC(=O)[C@@H]1C[C@@H](Cc2ccccc2)[C@@H]2CC[C@H](NC(=O)Cc3ccccc3)C(=O)N12)C(=O)N[C@@H](CC(=O)O)C(=O)NCCc1ccccc1. The Hall–Kier alpha value is -6.25. The van der Waals surface area contributed by atoms with E-state index >= 15 is 0 Å². The zero-order valence-electron chi connectivity index (χ0n) is 31.8. The molecule has 3 aromatic carbocycles. The Bertz CT molecular complexity index is 1870. The number of amides is 5. The van der Waals surface area contributed by atoms with Crippen molar-refractivity contribution in [2.75, 3.05) is 13.1 Å². The molecule has 2 aliphatic rings. The van der Waals surface area contributed by atoms with Gasteiger partial charge in [0.1, 0.15) is 24.2 Å². The number of rotatable bonds is 19. The van der Waals surface area contributed by atoms with Crippen LogP contribution in [0.15, 0.2) is 96.0 Å². The number of carbonyl (C=O) groups is 6. The Morgan fingerprint density at radius 3 is 2.07 bits per heavy atom. The van der Waals surface area contributed by atoms with Crippen molar-refractivity contribution in [2.45, 2.75) is 88.0 Å². The summed E-state index contributed by atoms with van der Waals surface area (Å²) in [6.45, 7) is 0.345. The van der Waals surface area contributed by atoms with E-state index in [0.29, 0.717) is 32.1 Å². The molecule has 2 aliphatic heterocycles. The predicted molar refractivity (Wildman–Crippen MR) is 213 cm³/mol. The quantitative estimate of drug-likeness (QED) is 0.0525. The number of carboxylic acid groups (broad SMARTS) is 1. The number of carbonyl (C=O) groups excluding carboxylic acids is 5. The molecular formula is C42H52N8O7. The Balaban J connectivity index is 1.32. The molecule has 2 heterocycles. The Kier molecular flexibility index (Phi) is 15.1. The minimum Gasteiger partial charge on any atom is -0.481 e. The average Bonchev–Trinajstić information content (AvgIpc) is 3.56. The number of guanidine groups is 1. The summed E-state index contributed by atoms with van der Waals surface area (Å²) >= 11 is 0. The third kappa shape index (κ3) is 12.4. The first-order chi connectivity index (χ1) is 27.5. The number of nitrogens with one attached hydrogen (secondary N) is 4. The molecule has 57 heavy (non-hydrogen) atoms. The first-order valence-electron chi connectivity index (χ1n) is 19.4. The second-order valence-corrected chi connectivity index (χ2v) is 14.6. The van der Waals surface area contributed by atoms with E-state index in [0.717, 1.165) is 16.7 Å². The van der Waals surface area contributed by atoms with Gasteiger partial charge in [-0.1, -0.05) is 91.0 Å². The lowest BCUT2D eigenvalue weighted by atomic mass is 9.86. The molecule has 3 aromatic rings. The smallest absolute Gasteiger partial charge is 0.305 e. The van der Waals surface area contributed by atoms with Gasteiger partial charge in [0, 0.05) is 19.1 Å². The van der Waals surface area contributed by atoms with Gasteiger partial charge in [0.25, 0.3) is 0 Å². The second kappa shape index (κ2) is 20.6. The van der Waals surface area contributed by atoms with E-state index in [1.165, 1.54) is 0 Å². The summed E-state index contributed by atoms with van der Waals surface area (Å²) in [5.74, 6) is -4.25. The number of aliphatic imine (C=N–C) groups is 1. The molecule has 0 radical (unpaired) electrons. The minimum absolute atomic E-state index is 0.0411. The standard InChI is InChI=1S/C42H52N8O7/c43-42(44)46-21-10-17-31(39(55)49-33(26-37(52)53)38(54)45-22-20-27-11-4-1-5-12-27)48-40(56)35-25-30(23-28-13-6-2-7-14-28)34-19-18-32(41(57)50(34)35)47-36(51)24-29-15-8-3-9-16-29/h1-9,11-16,30-35H,10,17-26H2,(H,45,54)(H,47,51)(H,48,56)(H,49,55)(H,52,53)(H4,43,44,46)/t30-,31+,32+,33+,34+,35+/m1/s1. The van der Waals surface area contributed by atoms with Crippen molar-refractivity contribution in [1.82, 2.24) is 26.2 Å². The van der Waals surface area contributed by atoms with Crippen molar-refractivity contribution < 1.29 is 33.9 Å². The summed E-state index contributed by atoms with van der Waals surface area (Å²) in [4.78, 5) is 86.0. The van der Waals surface area contributed by atoms with E-state index in [-0.39, 0.29) is 62.1 Å². The van der Waals surface area contributed by atoms with Crippen LogP contribution in [0.25, 0.3) is 0 Å². The van der Waals surface area contributed by atoms with E-state index in [1.807, 2.05) is 91.0 Å². The normalized spacial score (nSPS) is 19.6. The Labute approximate surface area is 332 Å². The molecule has 5 rings (SSSR count). The summed E-state index contributed by atoms with van der Waals surface area (Å²) in [6.07, 6.45) is 2.09. The summed E-state index contributed by atoms with van der Waals surface area (Å²) in [7, 11) is 0. The maximum atomic E-state index is 14.3. The molecule has 0 unspecified atom stereocenters. The first kappa shape index (κ1) is 41.9. The van der Waals surface area contributed by atoms with Crippen LogP contribution in [0.5, 0.6) is 0 Å². The molecular weight excluding hydrogens is 729 g/mol. The van der Waals surface area contributed by atoms with Crippen LogP contribution in [0.3, 0.4) is 0 Å². The molecule has 0 saturated carbocycles. The number of fused-ring (bicyclic) bond motifs is 1. The van der Waals surface area contributed by atoms with E-state index in [4.69, 9.17) is 11.5 Å². The van der Waals surface area contributed by atoms with Crippen molar-refractivity contribution in [1.29, 1.82) is 0 Å². The van der Waals surface area contributed by atoms with Crippen molar-refractivity contribution in [3.8, 4) is 0 Å². The summed E-state index contributed by atoms with van der Waals surface area (Å²) in [5.41, 5.74) is 13.8. The molecule has 2 saturated heterocycles. The second-order valence-electron chi connectivity index (χ2n) is 14.6. The number of aliphatic carboxylic acids is 1. The van der Waals surface area contributed by atoms with Gasteiger partial charge >= 0.3 is 5.97 Å². The minimum atomic E-state index is -1.43. The molecule has 0 spiro atoms. The van der Waals surface area contributed by atoms with E-state index in [9.17, 15) is 33.9 Å². The predicted octanol–water partition coefficient (Wildman–Crippen LogP) is 1.19. The molecule has 15 heteroatoms. The van der Waals surface area contributed by atoms with Gasteiger partial charge in [-0.15, -0.1) is 0 Å². The lowest BCUT2D eigenvalue weighted by Gasteiger charge is -2.39. The Morgan fingerprint density at radius 2 is 1.44 bits per heavy atom. The average molecular weight is 781 g/mol. The van der Waals surface area contributed by atoms with Gasteiger partial charge in [-0.2, -0.15) is 0 Å². The molecule has 5 amide bonds. The third-order valence-electron chi connectivity index (χ3n) is 10.4. The van der Waals surface area contributed by atoms with Gasteiger partial charge in [0.15, 0.2) is 5.96 Å². The van der Waals surface area contributed by atoms with E-state index in [2.05, 4.69) is 26.3 Å². The van der Waals surface area contributed by atoms with Gasteiger partial charge in [0.2, 0.25) is 29.5 Å². The molecule has 0 aliphatic carbocycles. The highest BCUT2D eigenvalue weighted by Gasteiger charge is 2.51. The number of hydrogen-bond acceptors (Lipinski definition) is 7. The molecule has 15 nitrogen and oxygen atoms in total. The van der Waals surface area contributed by atoms with Gasteiger partial charge in [-0.3, -0.25) is 33.8 Å². The highest BCUT2D eigenvalue weighted by molar-refractivity contribution is 5.97. The maximum Gasteiger partial charge on any atom is 0.305 e. The van der Waals surface area contributed by atoms with Crippen LogP contribution in [-0.4, -0.2) is 94.8 Å². The van der Waals surface area contributed by atoms with Crippen molar-refractivity contribution >= 4 is 41.5 Å². The number of benzene rings is 3. The Morgan fingerprint density at radius 1 is 0.807 bits per heavy atom. The van der Waals surface area contributed by atoms with Gasteiger partial charge in [0.05, 0.1) is 12.8 Å². The molecule has 2 fully saturated rings. The van der Waals surface area contributed by atoms with Crippen molar-refractivity contribution in [2.24, 2.45) is 22.4 Å². The number of nitrogens with zero attached hydrogens (tertiary/aromatic N) is 2. The van der Waals surface area contributed by atoms with Crippen LogP contribution >= 0.6 is 0 Å². The zero-order valence-corrected chi connectivity index (χ0v) is 31.8. The van der Waals surface area contributed by atoms with Crippen molar-refractivity contribution in [3.05, 3.63) is 108 Å². The van der Waals surface area contributed by atoms with Gasteiger partial charge in [-0.05, 0) is 67.6 Å². The lowest BCUT2D eigenvalue weighted by molar-refractivity contribution is -0.147. The lowest BCUT2D eigenvalue weighted by Crippen LogP contribution is -2.61. The van der Waals surface area contributed by atoms with Crippen molar-refractivity contribution in [3.63, 3.8) is 0 Å². The fraction of sp³-hybridized carbons (Fsp3) is 0.405. The van der Waals surface area contributed by atoms with Crippen LogP contribution in [0.1, 0.15) is 55.2 Å². The number of nitrogens with two attached hydrogens (primary N) is 2. The summed E-state index contributed by atoms with van der Waals surface area (Å²) in [5, 5.41) is 20.5. The number of carboxylic acids is 1. The number of hydrogen-bond donors (Lipinski definition) is 7. The molecule has 0 bridgehead atoms. The highest BCUT2D eigenvalue weighted by Crippen LogP contribution is 2.39. The summed E-state index contributed by atoms with van der Waals surface area (Å²) < 4.78 is 0. The molecule has 302 valence electrons. The van der Waals surface area contributed by atoms with Crippen LogP contribution in [0, 0.1) is 5.92 Å². The largest absolute Gasteiger partial charge is 0.481 e. The van der Waals surface area contributed by atoms with Crippen LogP contribution in [0.4, 0.5) is 0 Å². The maximum absolute atomic E-state index is 14.3. The first-order valence-corrected chi connectivity index (χ1v) is 19.4. The molecule has 6 atom stereocenters.